The van der Waals surface area contributed by atoms with Gasteiger partial charge >= 0.3 is 0 Å². The SMILES string of the molecule is COc1ccc(-c2nonc2N)cc1Br. The molecule has 5 nitrogen and oxygen atoms in total. The van der Waals surface area contributed by atoms with Gasteiger partial charge in [0, 0.05) is 5.56 Å². The number of hydrogen-bond donors (Lipinski definition) is 1. The molecule has 78 valence electrons. The standard InChI is InChI=1S/C9H8BrN3O2/c1-14-7-3-2-5(4-6(7)10)8-9(11)13-15-12-8/h2-4H,1H3,(H2,11,13). The van der Waals surface area contributed by atoms with Crippen molar-refractivity contribution in [2.24, 2.45) is 0 Å². The summed E-state index contributed by atoms with van der Waals surface area (Å²) in [5.41, 5.74) is 6.93. The molecule has 15 heavy (non-hydrogen) atoms. The van der Waals surface area contributed by atoms with Crippen LogP contribution in [0.5, 0.6) is 5.75 Å². The Morgan fingerprint density at radius 1 is 1.40 bits per heavy atom. The van der Waals surface area contributed by atoms with Crippen LogP contribution < -0.4 is 10.5 Å². The van der Waals surface area contributed by atoms with Crippen LogP contribution in [0.3, 0.4) is 0 Å². The average molecular weight is 270 g/mol. The highest BCUT2D eigenvalue weighted by Gasteiger charge is 2.10. The summed E-state index contributed by atoms with van der Waals surface area (Å²) in [6.07, 6.45) is 0. The number of ether oxygens (including phenoxy) is 1. The molecule has 1 aromatic heterocycles. The zero-order valence-electron chi connectivity index (χ0n) is 7.90. The predicted molar refractivity (Wildman–Crippen MR) is 58.4 cm³/mol. The molecular weight excluding hydrogens is 262 g/mol. The molecule has 1 heterocycles. The highest BCUT2D eigenvalue weighted by atomic mass is 79.9. The monoisotopic (exact) mass is 269 g/mol. The Balaban J connectivity index is 2.47. The van der Waals surface area contributed by atoms with Crippen LogP contribution in [0.4, 0.5) is 5.82 Å². The zero-order valence-corrected chi connectivity index (χ0v) is 9.48. The van der Waals surface area contributed by atoms with Gasteiger partial charge in [-0.15, -0.1) is 0 Å². The first-order chi connectivity index (χ1) is 7.22. The van der Waals surface area contributed by atoms with Crippen LogP contribution in [0, 0.1) is 0 Å². The number of nitrogens with two attached hydrogens (primary N) is 1. The molecule has 0 fully saturated rings. The van der Waals surface area contributed by atoms with E-state index in [1.165, 1.54) is 0 Å². The van der Waals surface area contributed by atoms with Crippen LogP contribution in [0.15, 0.2) is 27.3 Å². The van der Waals surface area contributed by atoms with Gasteiger partial charge in [-0.2, -0.15) is 0 Å². The molecule has 0 radical (unpaired) electrons. The molecule has 0 spiro atoms. The summed E-state index contributed by atoms with van der Waals surface area (Å²) in [5.74, 6) is 1.01. The van der Waals surface area contributed by atoms with Crippen molar-refractivity contribution < 1.29 is 9.37 Å². The third kappa shape index (κ3) is 1.80. The number of hydrogen-bond acceptors (Lipinski definition) is 5. The molecule has 0 atom stereocenters. The van der Waals surface area contributed by atoms with E-state index in [4.69, 9.17) is 10.5 Å². The number of aromatic nitrogens is 2. The van der Waals surface area contributed by atoms with Gasteiger partial charge < -0.3 is 10.5 Å². The Bertz CT molecular complexity index is 484. The maximum atomic E-state index is 5.58. The summed E-state index contributed by atoms with van der Waals surface area (Å²) in [4.78, 5) is 0. The van der Waals surface area contributed by atoms with Gasteiger partial charge in [0.1, 0.15) is 5.75 Å². The summed E-state index contributed by atoms with van der Waals surface area (Å²) in [5, 5.41) is 7.22. The molecule has 0 aliphatic carbocycles. The smallest absolute Gasteiger partial charge is 0.196 e. The second kappa shape index (κ2) is 3.90. The van der Waals surface area contributed by atoms with Crippen LogP contribution in [0.2, 0.25) is 0 Å². The summed E-state index contributed by atoms with van der Waals surface area (Å²) in [6, 6.07) is 5.49. The van der Waals surface area contributed by atoms with Gasteiger partial charge in [0.25, 0.3) is 0 Å². The second-order valence-corrected chi connectivity index (χ2v) is 3.70. The number of nitrogens with zero attached hydrogens (tertiary/aromatic N) is 2. The van der Waals surface area contributed by atoms with Crippen LogP contribution >= 0.6 is 15.9 Å². The van der Waals surface area contributed by atoms with E-state index in [1.807, 2.05) is 18.2 Å². The minimum absolute atomic E-state index is 0.270. The molecule has 2 aromatic rings. The third-order valence-electron chi connectivity index (χ3n) is 1.94. The van der Waals surface area contributed by atoms with E-state index in [0.29, 0.717) is 5.69 Å². The molecule has 0 bridgehead atoms. The van der Waals surface area contributed by atoms with Crippen molar-refractivity contribution in [1.82, 2.24) is 10.3 Å². The van der Waals surface area contributed by atoms with E-state index in [2.05, 4.69) is 30.9 Å². The first-order valence-electron chi connectivity index (χ1n) is 4.14. The van der Waals surface area contributed by atoms with Crippen LogP contribution in [0.1, 0.15) is 0 Å². The van der Waals surface area contributed by atoms with Crippen LogP contribution in [-0.2, 0) is 0 Å². The van der Waals surface area contributed by atoms with Crippen molar-refractivity contribution >= 4 is 21.7 Å². The maximum Gasteiger partial charge on any atom is 0.196 e. The van der Waals surface area contributed by atoms with Crippen molar-refractivity contribution in [2.45, 2.75) is 0 Å². The predicted octanol–water partition coefficient (Wildman–Crippen LogP) is 2.09. The number of benzene rings is 1. The molecule has 2 N–H and O–H groups in total. The fraction of sp³-hybridized carbons (Fsp3) is 0.111. The molecular formula is C9H8BrN3O2. The molecule has 0 saturated heterocycles. The quantitative estimate of drug-likeness (QED) is 0.904. The Hall–Kier alpha value is -1.56. The lowest BCUT2D eigenvalue weighted by molar-refractivity contribution is 0.310. The fourth-order valence-electron chi connectivity index (χ4n) is 1.21. The number of rotatable bonds is 2. The van der Waals surface area contributed by atoms with Crippen molar-refractivity contribution in [3.8, 4) is 17.0 Å². The van der Waals surface area contributed by atoms with E-state index in [9.17, 15) is 0 Å². The van der Waals surface area contributed by atoms with Gasteiger partial charge in [-0.05, 0) is 44.4 Å². The summed E-state index contributed by atoms with van der Waals surface area (Å²) in [6.45, 7) is 0. The summed E-state index contributed by atoms with van der Waals surface area (Å²) in [7, 11) is 1.60. The maximum absolute atomic E-state index is 5.58. The first kappa shape index (κ1) is 9.97. The van der Waals surface area contributed by atoms with E-state index in [0.717, 1.165) is 15.8 Å². The van der Waals surface area contributed by atoms with E-state index in [-0.39, 0.29) is 5.82 Å². The van der Waals surface area contributed by atoms with Gasteiger partial charge in [0.05, 0.1) is 11.6 Å². The highest BCUT2D eigenvalue weighted by Crippen LogP contribution is 2.31. The number of halogens is 1. The molecule has 0 amide bonds. The summed E-state index contributed by atoms with van der Waals surface area (Å²) < 4.78 is 10.5. The average Bonchev–Trinajstić information content (AvgIpc) is 2.64. The minimum atomic E-state index is 0.270. The molecule has 6 heteroatoms. The van der Waals surface area contributed by atoms with Crippen LogP contribution in [0.25, 0.3) is 11.3 Å². The highest BCUT2D eigenvalue weighted by molar-refractivity contribution is 9.10. The third-order valence-corrected chi connectivity index (χ3v) is 2.56. The molecule has 0 aliphatic heterocycles. The van der Waals surface area contributed by atoms with Crippen molar-refractivity contribution in [3.63, 3.8) is 0 Å². The molecule has 2 rings (SSSR count). The van der Waals surface area contributed by atoms with Gasteiger partial charge in [0.15, 0.2) is 11.5 Å². The van der Waals surface area contributed by atoms with Gasteiger partial charge in [0.2, 0.25) is 0 Å². The van der Waals surface area contributed by atoms with Crippen LogP contribution in [-0.4, -0.2) is 17.4 Å². The molecule has 0 aliphatic rings. The van der Waals surface area contributed by atoms with Gasteiger partial charge in [-0.1, -0.05) is 0 Å². The summed E-state index contributed by atoms with van der Waals surface area (Å²) >= 11 is 3.37. The Morgan fingerprint density at radius 3 is 2.73 bits per heavy atom. The Morgan fingerprint density at radius 2 is 2.20 bits per heavy atom. The first-order valence-corrected chi connectivity index (χ1v) is 4.93. The number of methoxy groups -OCH3 is 1. The Labute approximate surface area is 94.3 Å². The Kier molecular flexibility index (Phi) is 2.59. The number of nitrogen functional groups attached to an aromatic ring is 1. The molecule has 0 saturated carbocycles. The normalized spacial score (nSPS) is 10.3. The van der Waals surface area contributed by atoms with Crippen molar-refractivity contribution in [3.05, 3.63) is 22.7 Å². The second-order valence-electron chi connectivity index (χ2n) is 2.85. The van der Waals surface area contributed by atoms with E-state index in [1.54, 1.807) is 7.11 Å². The lowest BCUT2D eigenvalue weighted by Crippen LogP contribution is -1.89. The van der Waals surface area contributed by atoms with E-state index < -0.39 is 0 Å². The van der Waals surface area contributed by atoms with Crippen molar-refractivity contribution in [1.29, 1.82) is 0 Å². The topological polar surface area (TPSA) is 74.2 Å². The lowest BCUT2D eigenvalue weighted by atomic mass is 10.1. The molecule has 0 unspecified atom stereocenters. The minimum Gasteiger partial charge on any atom is -0.496 e. The van der Waals surface area contributed by atoms with Crippen molar-refractivity contribution in [2.75, 3.05) is 12.8 Å². The van der Waals surface area contributed by atoms with Gasteiger partial charge in [-0.3, -0.25) is 0 Å². The largest absolute Gasteiger partial charge is 0.496 e. The number of anilines is 1. The van der Waals surface area contributed by atoms with Gasteiger partial charge in [-0.25, -0.2) is 4.63 Å². The fourth-order valence-corrected chi connectivity index (χ4v) is 1.75. The zero-order chi connectivity index (χ0) is 10.8. The lowest BCUT2D eigenvalue weighted by Gasteiger charge is -2.03. The van der Waals surface area contributed by atoms with E-state index >= 15 is 0 Å². The molecule has 1 aromatic carbocycles.